The molecule has 0 saturated heterocycles. The van der Waals surface area contributed by atoms with Crippen molar-refractivity contribution in [3.05, 3.63) is 39.5 Å². The number of rotatable bonds is 0. The van der Waals surface area contributed by atoms with Gasteiger partial charge in [0.15, 0.2) is 0 Å². The summed E-state index contributed by atoms with van der Waals surface area (Å²) in [7, 11) is 1.93. The van der Waals surface area contributed by atoms with Crippen molar-refractivity contribution in [1.29, 1.82) is 0 Å². The number of anilines is 3. The highest BCUT2D eigenvalue weighted by molar-refractivity contribution is 7.08. The van der Waals surface area contributed by atoms with Crippen LogP contribution in [0.25, 0.3) is 0 Å². The second kappa shape index (κ2) is 3.75. The highest BCUT2D eigenvalue weighted by atomic mass is 35.5. The first-order valence-electron chi connectivity index (χ1n) is 5.08. The van der Waals surface area contributed by atoms with Gasteiger partial charge >= 0.3 is 0 Å². The van der Waals surface area contributed by atoms with Gasteiger partial charge in [0.2, 0.25) is 0 Å². The smallest absolute Gasteiger partial charge is 0.258 e. The molecule has 3 rings (SSSR count). The summed E-state index contributed by atoms with van der Waals surface area (Å²) in [5.41, 5.74) is 3.17. The molecule has 3 nitrogen and oxygen atoms in total. The molecule has 1 amide bonds. The maximum atomic E-state index is 12.0. The predicted molar refractivity (Wildman–Crippen MR) is 71.8 cm³/mol. The van der Waals surface area contributed by atoms with E-state index in [2.05, 4.69) is 5.32 Å². The van der Waals surface area contributed by atoms with Crippen LogP contribution in [-0.2, 0) is 0 Å². The Bertz CT molecular complexity index is 608. The van der Waals surface area contributed by atoms with Crippen molar-refractivity contribution >= 4 is 45.9 Å². The van der Waals surface area contributed by atoms with E-state index in [9.17, 15) is 4.79 Å². The van der Waals surface area contributed by atoms with Crippen LogP contribution >= 0.6 is 22.9 Å². The highest BCUT2D eigenvalue weighted by Gasteiger charge is 2.24. The summed E-state index contributed by atoms with van der Waals surface area (Å²) in [4.78, 5) is 14.0. The van der Waals surface area contributed by atoms with Gasteiger partial charge in [0, 0.05) is 17.8 Å². The summed E-state index contributed by atoms with van der Waals surface area (Å²) in [5.74, 6) is -0.111. The van der Waals surface area contributed by atoms with Crippen molar-refractivity contribution in [2.45, 2.75) is 0 Å². The number of amides is 1. The number of halogens is 1. The fraction of sp³-hybridized carbons (Fsp3) is 0.0833. The second-order valence-corrected chi connectivity index (χ2v) is 4.97. The van der Waals surface area contributed by atoms with E-state index in [4.69, 9.17) is 11.6 Å². The van der Waals surface area contributed by atoms with E-state index in [1.54, 1.807) is 6.07 Å². The molecule has 0 atom stereocenters. The Kier molecular flexibility index (Phi) is 2.34. The van der Waals surface area contributed by atoms with Gasteiger partial charge in [-0.3, -0.25) is 4.79 Å². The molecule has 1 aliphatic heterocycles. The number of hydrogen-bond donors (Lipinski definition) is 1. The van der Waals surface area contributed by atoms with Gasteiger partial charge in [0.05, 0.1) is 27.6 Å². The number of fused-ring (bicyclic) bond motifs is 2. The summed E-state index contributed by atoms with van der Waals surface area (Å²) < 4.78 is 0. The minimum Gasteiger partial charge on any atom is -0.342 e. The van der Waals surface area contributed by atoms with E-state index in [1.165, 1.54) is 11.3 Å². The highest BCUT2D eigenvalue weighted by Crippen LogP contribution is 2.41. The molecule has 0 fully saturated rings. The molecule has 1 N–H and O–H groups in total. The summed E-state index contributed by atoms with van der Waals surface area (Å²) >= 11 is 7.63. The normalized spacial score (nSPS) is 13.8. The van der Waals surface area contributed by atoms with Gasteiger partial charge in [-0.25, -0.2) is 0 Å². The van der Waals surface area contributed by atoms with E-state index >= 15 is 0 Å². The zero-order valence-corrected chi connectivity index (χ0v) is 10.6. The fourth-order valence-corrected chi connectivity index (χ4v) is 3.01. The van der Waals surface area contributed by atoms with Crippen molar-refractivity contribution in [2.75, 3.05) is 17.3 Å². The Morgan fingerprint density at radius 2 is 2.12 bits per heavy atom. The van der Waals surface area contributed by atoms with Gasteiger partial charge in [0.1, 0.15) is 0 Å². The van der Waals surface area contributed by atoms with Crippen LogP contribution in [0.3, 0.4) is 0 Å². The molecular weight excluding hydrogens is 256 g/mol. The van der Waals surface area contributed by atoms with Gasteiger partial charge < -0.3 is 10.2 Å². The number of thiophene rings is 1. The van der Waals surface area contributed by atoms with Crippen molar-refractivity contribution in [1.82, 2.24) is 0 Å². The molecule has 0 spiro atoms. The van der Waals surface area contributed by atoms with E-state index in [0.29, 0.717) is 16.3 Å². The van der Waals surface area contributed by atoms with Crippen LogP contribution in [0, 0.1) is 0 Å². The van der Waals surface area contributed by atoms with E-state index in [0.717, 1.165) is 11.4 Å². The van der Waals surface area contributed by atoms with Crippen LogP contribution in [-0.4, -0.2) is 13.0 Å². The Morgan fingerprint density at radius 3 is 2.94 bits per heavy atom. The molecule has 0 bridgehead atoms. The summed E-state index contributed by atoms with van der Waals surface area (Å²) in [5, 5.41) is 7.22. The third-order valence-corrected chi connectivity index (χ3v) is 3.89. The Hall–Kier alpha value is -1.52. The van der Waals surface area contributed by atoms with Crippen molar-refractivity contribution in [3.8, 4) is 0 Å². The lowest BCUT2D eigenvalue weighted by Crippen LogP contribution is -2.10. The summed E-state index contributed by atoms with van der Waals surface area (Å²) in [6.07, 6.45) is 0. The average Bonchev–Trinajstić information content (AvgIpc) is 2.76. The fourth-order valence-electron chi connectivity index (χ4n) is 1.95. The lowest BCUT2D eigenvalue weighted by molar-refractivity contribution is 0.102. The van der Waals surface area contributed by atoms with Crippen LogP contribution in [0.1, 0.15) is 10.4 Å². The number of nitrogens with zero attached hydrogens (tertiary/aromatic N) is 1. The molecule has 17 heavy (non-hydrogen) atoms. The van der Waals surface area contributed by atoms with Gasteiger partial charge in [0.25, 0.3) is 5.91 Å². The maximum Gasteiger partial charge on any atom is 0.258 e. The molecule has 0 radical (unpaired) electrons. The molecule has 2 heterocycles. The Morgan fingerprint density at radius 1 is 1.29 bits per heavy atom. The van der Waals surface area contributed by atoms with Gasteiger partial charge in [-0.05, 0) is 12.1 Å². The number of nitrogens with one attached hydrogen (secondary N) is 1. The zero-order valence-electron chi connectivity index (χ0n) is 9.03. The summed E-state index contributed by atoms with van der Waals surface area (Å²) in [6, 6.07) is 5.59. The van der Waals surface area contributed by atoms with Crippen LogP contribution in [0.15, 0.2) is 29.0 Å². The lowest BCUT2D eigenvalue weighted by atomic mass is 10.2. The molecular formula is C12H9ClN2OS. The SMILES string of the molecule is CN1c2cscc2C(=O)Nc2c(Cl)cccc21. The first-order chi connectivity index (χ1) is 8.18. The van der Waals surface area contributed by atoms with E-state index in [1.807, 2.05) is 34.8 Å². The predicted octanol–water partition coefficient (Wildman–Crippen LogP) is 3.74. The second-order valence-electron chi connectivity index (χ2n) is 3.82. The zero-order chi connectivity index (χ0) is 12.0. The van der Waals surface area contributed by atoms with E-state index < -0.39 is 0 Å². The van der Waals surface area contributed by atoms with Crippen LogP contribution in [0.4, 0.5) is 17.1 Å². The number of para-hydroxylation sites is 1. The molecule has 5 heteroatoms. The van der Waals surface area contributed by atoms with E-state index in [-0.39, 0.29) is 5.91 Å². The van der Waals surface area contributed by atoms with Crippen LogP contribution in [0.5, 0.6) is 0 Å². The minimum absolute atomic E-state index is 0.111. The standard InChI is InChI=1S/C12H9ClN2OS/c1-15-9-4-2-3-8(13)11(9)14-12(16)7-5-17-6-10(7)15/h2-6H,1H3,(H,14,16). The first kappa shape index (κ1) is 10.6. The summed E-state index contributed by atoms with van der Waals surface area (Å²) in [6.45, 7) is 0. The number of benzene rings is 1. The molecule has 0 saturated carbocycles. The van der Waals surface area contributed by atoms with Crippen molar-refractivity contribution in [3.63, 3.8) is 0 Å². The number of carbonyl (C=O) groups is 1. The molecule has 2 aromatic rings. The van der Waals surface area contributed by atoms with Gasteiger partial charge in [-0.15, -0.1) is 11.3 Å². The molecule has 1 aliphatic rings. The average molecular weight is 265 g/mol. The van der Waals surface area contributed by atoms with Gasteiger partial charge in [-0.2, -0.15) is 0 Å². The monoisotopic (exact) mass is 264 g/mol. The van der Waals surface area contributed by atoms with Crippen molar-refractivity contribution in [2.24, 2.45) is 0 Å². The van der Waals surface area contributed by atoms with Crippen LogP contribution < -0.4 is 10.2 Å². The van der Waals surface area contributed by atoms with Crippen molar-refractivity contribution < 1.29 is 4.79 Å². The number of carbonyl (C=O) groups excluding carboxylic acids is 1. The number of hydrogen-bond acceptors (Lipinski definition) is 3. The molecule has 86 valence electrons. The third kappa shape index (κ3) is 1.52. The topological polar surface area (TPSA) is 32.3 Å². The molecule has 1 aromatic heterocycles. The van der Waals surface area contributed by atoms with Crippen LogP contribution in [0.2, 0.25) is 5.02 Å². The Balaban J connectivity index is 2.27. The lowest BCUT2D eigenvalue weighted by Gasteiger charge is -2.19. The third-order valence-electron chi connectivity index (χ3n) is 2.84. The van der Waals surface area contributed by atoms with Gasteiger partial charge in [-0.1, -0.05) is 17.7 Å². The maximum absolute atomic E-state index is 12.0. The Labute approximate surface area is 108 Å². The minimum atomic E-state index is -0.111. The quantitative estimate of drug-likeness (QED) is 0.786. The molecule has 1 aromatic carbocycles. The first-order valence-corrected chi connectivity index (χ1v) is 6.40. The molecule has 0 aliphatic carbocycles. The molecule has 0 unspecified atom stereocenters. The largest absolute Gasteiger partial charge is 0.342 e.